The molecule has 2 rings (SSSR count). The topological polar surface area (TPSA) is 99.0 Å². The number of anilines is 1. The largest absolute Gasteiger partial charge is 0.465 e. The number of halogens is 1. The molecule has 25 heavy (non-hydrogen) atoms. The van der Waals surface area contributed by atoms with Crippen LogP contribution in [0.3, 0.4) is 0 Å². The third-order valence-corrected chi connectivity index (χ3v) is 3.95. The van der Waals surface area contributed by atoms with Crippen LogP contribution in [-0.2, 0) is 19.1 Å². The lowest BCUT2D eigenvalue weighted by Crippen LogP contribution is -2.27. The van der Waals surface area contributed by atoms with Crippen LogP contribution < -0.4 is 4.90 Å². The second-order valence-electron chi connectivity index (χ2n) is 4.71. The minimum absolute atomic E-state index is 0.0767. The van der Waals surface area contributed by atoms with Crippen LogP contribution in [0.25, 0.3) is 0 Å². The van der Waals surface area contributed by atoms with Crippen LogP contribution in [-0.4, -0.2) is 31.1 Å². The SMILES string of the molecule is COC(=O)C1=C(C(=O)OC)N(c2ccc(I)cc2[N+](=O)[O-])C=CC=C1. The van der Waals surface area contributed by atoms with E-state index in [1.165, 1.54) is 42.5 Å². The molecule has 0 aromatic heterocycles. The fourth-order valence-electron chi connectivity index (χ4n) is 2.20. The van der Waals surface area contributed by atoms with E-state index in [-0.39, 0.29) is 22.6 Å². The lowest BCUT2D eigenvalue weighted by atomic mass is 10.1. The van der Waals surface area contributed by atoms with Crippen LogP contribution in [0.15, 0.2) is 53.9 Å². The monoisotopic (exact) mass is 456 g/mol. The molecule has 0 atom stereocenters. The molecule has 1 heterocycles. The summed E-state index contributed by atoms with van der Waals surface area (Å²) in [6, 6.07) is 4.52. The van der Waals surface area contributed by atoms with Crippen molar-refractivity contribution < 1.29 is 24.0 Å². The minimum atomic E-state index is -0.829. The van der Waals surface area contributed by atoms with Gasteiger partial charge < -0.3 is 14.4 Å². The first-order valence-electron chi connectivity index (χ1n) is 6.89. The zero-order chi connectivity index (χ0) is 18.6. The zero-order valence-electron chi connectivity index (χ0n) is 13.3. The summed E-state index contributed by atoms with van der Waals surface area (Å²) in [6.45, 7) is 0. The normalized spacial score (nSPS) is 13.5. The molecule has 0 amide bonds. The maximum absolute atomic E-state index is 12.3. The van der Waals surface area contributed by atoms with Crippen molar-refractivity contribution in [3.05, 3.63) is 67.6 Å². The Kier molecular flexibility index (Phi) is 5.91. The number of rotatable bonds is 4. The highest BCUT2D eigenvalue weighted by atomic mass is 127. The number of nitro groups is 1. The molecule has 130 valence electrons. The number of nitro benzene ring substituents is 1. The smallest absolute Gasteiger partial charge is 0.355 e. The molecule has 9 heteroatoms. The Hall–Kier alpha value is -2.69. The first-order valence-corrected chi connectivity index (χ1v) is 7.97. The van der Waals surface area contributed by atoms with Crippen LogP contribution >= 0.6 is 22.6 Å². The predicted octanol–water partition coefficient (Wildman–Crippen LogP) is 2.69. The van der Waals surface area contributed by atoms with Crippen molar-refractivity contribution in [1.82, 2.24) is 0 Å². The van der Waals surface area contributed by atoms with E-state index in [0.717, 1.165) is 7.11 Å². The number of methoxy groups -OCH3 is 2. The number of esters is 2. The predicted molar refractivity (Wildman–Crippen MR) is 97.6 cm³/mol. The van der Waals surface area contributed by atoms with Crippen LogP contribution in [0.2, 0.25) is 0 Å². The summed E-state index contributed by atoms with van der Waals surface area (Å²) in [7, 11) is 2.33. The number of hydrogen-bond donors (Lipinski definition) is 0. The van der Waals surface area contributed by atoms with Crippen molar-refractivity contribution in [3.8, 4) is 0 Å². The summed E-state index contributed by atoms with van der Waals surface area (Å²) in [5.41, 5.74) is -0.355. The molecule has 0 spiro atoms. The Balaban J connectivity index is 2.76. The highest BCUT2D eigenvalue weighted by Gasteiger charge is 2.30. The van der Waals surface area contributed by atoms with E-state index in [2.05, 4.69) is 0 Å². The molecule has 0 aliphatic carbocycles. The van der Waals surface area contributed by atoms with E-state index >= 15 is 0 Å². The van der Waals surface area contributed by atoms with Gasteiger partial charge in [-0.1, -0.05) is 6.08 Å². The average molecular weight is 456 g/mol. The molecule has 8 nitrogen and oxygen atoms in total. The quantitative estimate of drug-likeness (QED) is 0.297. The number of carbonyl (C=O) groups is 2. The van der Waals surface area contributed by atoms with Crippen molar-refractivity contribution >= 4 is 45.9 Å². The van der Waals surface area contributed by atoms with Gasteiger partial charge in [-0.15, -0.1) is 0 Å². The van der Waals surface area contributed by atoms with Crippen molar-refractivity contribution in [3.63, 3.8) is 0 Å². The molecule has 0 saturated carbocycles. The van der Waals surface area contributed by atoms with Crippen LogP contribution in [0.1, 0.15) is 0 Å². The Labute approximate surface area is 156 Å². The molecule has 1 aromatic rings. The van der Waals surface area contributed by atoms with E-state index in [1.54, 1.807) is 12.1 Å². The number of nitrogens with zero attached hydrogens (tertiary/aromatic N) is 2. The van der Waals surface area contributed by atoms with E-state index in [9.17, 15) is 19.7 Å². The van der Waals surface area contributed by atoms with E-state index < -0.39 is 16.9 Å². The molecule has 0 bridgehead atoms. The maximum Gasteiger partial charge on any atom is 0.355 e. The summed E-state index contributed by atoms with van der Waals surface area (Å²) in [5.74, 6) is -1.59. The first kappa shape index (κ1) is 18.6. The Morgan fingerprint density at radius 2 is 1.84 bits per heavy atom. The summed E-state index contributed by atoms with van der Waals surface area (Å²) >= 11 is 1.95. The molecule has 0 N–H and O–H groups in total. The van der Waals surface area contributed by atoms with Crippen molar-refractivity contribution in [2.24, 2.45) is 0 Å². The van der Waals surface area contributed by atoms with Gasteiger partial charge in [-0.3, -0.25) is 10.1 Å². The molecular formula is C16H13IN2O6. The van der Waals surface area contributed by atoms with Gasteiger partial charge in [0.1, 0.15) is 11.4 Å². The second kappa shape index (κ2) is 7.92. The van der Waals surface area contributed by atoms with E-state index in [0.29, 0.717) is 3.57 Å². The lowest BCUT2D eigenvalue weighted by Gasteiger charge is -2.22. The Morgan fingerprint density at radius 1 is 1.16 bits per heavy atom. The Bertz CT molecular complexity index is 828. The van der Waals surface area contributed by atoms with Gasteiger partial charge in [0.25, 0.3) is 5.69 Å². The minimum Gasteiger partial charge on any atom is -0.465 e. The molecule has 0 fully saturated rings. The second-order valence-corrected chi connectivity index (χ2v) is 5.95. The van der Waals surface area contributed by atoms with Gasteiger partial charge in [-0.25, -0.2) is 9.59 Å². The van der Waals surface area contributed by atoms with Gasteiger partial charge >= 0.3 is 11.9 Å². The highest BCUT2D eigenvalue weighted by Crippen LogP contribution is 2.34. The third-order valence-electron chi connectivity index (χ3n) is 3.28. The third kappa shape index (κ3) is 3.87. The molecule has 0 radical (unpaired) electrons. The van der Waals surface area contributed by atoms with Gasteiger partial charge in [0, 0.05) is 15.8 Å². The molecule has 0 unspecified atom stereocenters. The summed E-state index contributed by atoms with van der Waals surface area (Å²) in [5, 5.41) is 11.4. The summed E-state index contributed by atoms with van der Waals surface area (Å²) in [6.07, 6.45) is 5.88. The summed E-state index contributed by atoms with van der Waals surface area (Å²) < 4.78 is 10.1. The molecule has 1 aliphatic heterocycles. The van der Waals surface area contributed by atoms with Crippen LogP contribution in [0.4, 0.5) is 11.4 Å². The van der Waals surface area contributed by atoms with Crippen LogP contribution in [0, 0.1) is 13.7 Å². The van der Waals surface area contributed by atoms with Gasteiger partial charge in [-0.2, -0.15) is 0 Å². The van der Waals surface area contributed by atoms with Crippen molar-refractivity contribution in [2.45, 2.75) is 0 Å². The zero-order valence-corrected chi connectivity index (χ0v) is 15.4. The number of carbonyl (C=O) groups excluding carboxylic acids is 2. The van der Waals surface area contributed by atoms with Gasteiger partial charge in [0.15, 0.2) is 0 Å². The molecular weight excluding hydrogens is 443 g/mol. The number of ether oxygens (including phenoxy) is 2. The van der Waals surface area contributed by atoms with Crippen LogP contribution in [0.5, 0.6) is 0 Å². The number of benzene rings is 1. The van der Waals surface area contributed by atoms with E-state index in [1.807, 2.05) is 22.6 Å². The Morgan fingerprint density at radius 3 is 2.44 bits per heavy atom. The fourth-order valence-corrected chi connectivity index (χ4v) is 2.67. The van der Waals surface area contributed by atoms with Crippen molar-refractivity contribution in [2.75, 3.05) is 19.1 Å². The first-order chi connectivity index (χ1) is 11.9. The molecule has 1 aromatic carbocycles. The van der Waals surface area contributed by atoms with Gasteiger partial charge in [0.2, 0.25) is 0 Å². The van der Waals surface area contributed by atoms with Gasteiger partial charge in [-0.05, 0) is 46.9 Å². The number of allylic oxidation sites excluding steroid dienone is 2. The summed E-state index contributed by atoms with van der Waals surface area (Å²) in [4.78, 5) is 36.5. The highest BCUT2D eigenvalue weighted by molar-refractivity contribution is 14.1. The average Bonchev–Trinajstić information content (AvgIpc) is 2.83. The maximum atomic E-state index is 12.3. The van der Waals surface area contributed by atoms with Crippen molar-refractivity contribution in [1.29, 1.82) is 0 Å². The fraction of sp³-hybridized carbons (Fsp3) is 0.125. The molecule has 0 saturated heterocycles. The standard InChI is InChI=1S/C16H13IN2O6/c1-24-15(20)11-5-3-4-8-18(14(11)16(21)25-2)12-7-6-10(17)9-13(12)19(22)23/h3-9H,1-2H3. The number of hydrogen-bond acceptors (Lipinski definition) is 7. The van der Waals surface area contributed by atoms with E-state index in [4.69, 9.17) is 9.47 Å². The van der Waals surface area contributed by atoms with Gasteiger partial charge in [0.05, 0.1) is 24.7 Å². The lowest BCUT2D eigenvalue weighted by molar-refractivity contribution is -0.384. The molecule has 1 aliphatic rings.